The van der Waals surface area contributed by atoms with Gasteiger partial charge in [-0.3, -0.25) is 4.79 Å². The molecular formula is C16H20ClNO3. The number of carboxylic acids is 1. The summed E-state index contributed by atoms with van der Waals surface area (Å²) in [6, 6.07) is 7.00. The number of halogens is 1. The van der Waals surface area contributed by atoms with Gasteiger partial charge in [-0.1, -0.05) is 43.5 Å². The number of carboxylic acid groups (broad SMARTS) is 1. The molecule has 0 saturated heterocycles. The Kier molecular flexibility index (Phi) is 4.88. The number of aliphatic carboxylic acids is 1. The lowest BCUT2D eigenvalue weighted by Gasteiger charge is -2.37. The van der Waals surface area contributed by atoms with Gasteiger partial charge < -0.3 is 10.4 Å². The minimum absolute atomic E-state index is 0.167. The molecule has 2 N–H and O–H groups in total. The van der Waals surface area contributed by atoms with Gasteiger partial charge in [0.1, 0.15) is 5.54 Å². The first-order valence-corrected chi connectivity index (χ1v) is 7.58. The Bertz CT molecular complexity index is 529. The van der Waals surface area contributed by atoms with E-state index in [9.17, 15) is 14.7 Å². The van der Waals surface area contributed by atoms with Crippen molar-refractivity contribution < 1.29 is 14.7 Å². The molecule has 1 aliphatic carbocycles. The van der Waals surface area contributed by atoms with Crippen LogP contribution in [0.15, 0.2) is 24.3 Å². The first-order chi connectivity index (χ1) is 9.91. The Morgan fingerprint density at radius 2 is 2.05 bits per heavy atom. The largest absolute Gasteiger partial charge is 0.480 e. The molecule has 0 heterocycles. The van der Waals surface area contributed by atoms with Gasteiger partial charge in [0.25, 0.3) is 0 Å². The summed E-state index contributed by atoms with van der Waals surface area (Å²) in [6.07, 6.45) is 3.01. The van der Waals surface area contributed by atoms with E-state index in [1.54, 1.807) is 24.3 Å². The SMILES string of the molecule is CC1CCCC(NC(=O)Cc2ccc(Cl)cc2)(C(=O)O)C1. The monoisotopic (exact) mass is 309 g/mol. The van der Waals surface area contributed by atoms with E-state index >= 15 is 0 Å². The fourth-order valence-electron chi connectivity index (χ4n) is 3.01. The standard InChI is InChI=1S/C16H20ClNO3/c1-11-3-2-8-16(10-11,15(20)21)18-14(19)9-12-4-6-13(17)7-5-12/h4-7,11H,2-3,8-10H2,1H3,(H,18,19)(H,20,21). The van der Waals surface area contributed by atoms with Gasteiger partial charge in [-0.15, -0.1) is 0 Å². The quantitative estimate of drug-likeness (QED) is 0.898. The second kappa shape index (κ2) is 6.48. The fourth-order valence-corrected chi connectivity index (χ4v) is 3.14. The molecule has 0 aliphatic heterocycles. The van der Waals surface area contributed by atoms with Crippen LogP contribution in [0.1, 0.15) is 38.2 Å². The molecule has 2 unspecified atom stereocenters. The number of hydrogen-bond donors (Lipinski definition) is 2. The maximum Gasteiger partial charge on any atom is 0.329 e. The summed E-state index contributed by atoms with van der Waals surface area (Å²) in [5, 5.41) is 12.9. The van der Waals surface area contributed by atoms with Crippen molar-refractivity contribution in [3.05, 3.63) is 34.9 Å². The molecular weight excluding hydrogens is 290 g/mol. The number of carbonyl (C=O) groups is 2. The lowest BCUT2D eigenvalue weighted by Crippen LogP contribution is -2.57. The molecule has 1 fully saturated rings. The Balaban J connectivity index is 2.05. The zero-order chi connectivity index (χ0) is 15.5. The minimum atomic E-state index is -1.11. The van der Waals surface area contributed by atoms with Crippen LogP contribution in [0.5, 0.6) is 0 Å². The number of benzene rings is 1. The summed E-state index contributed by atoms with van der Waals surface area (Å²) >= 11 is 5.81. The zero-order valence-corrected chi connectivity index (χ0v) is 12.8. The maximum atomic E-state index is 12.2. The Hall–Kier alpha value is -1.55. The van der Waals surface area contributed by atoms with E-state index in [0.717, 1.165) is 18.4 Å². The summed E-state index contributed by atoms with van der Waals surface area (Å²) in [5.41, 5.74) is -0.289. The van der Waals surface area contributed by atoms with Crippen LogP contribution in [-0.4, -0.2) is 22.5 Å². The second-order valence-corrected chi connectivity index (χ2v) is 6.38. The first kappa shape index (κ1) is 15.8. The highest BCUT2D eigenvalue weighted by molar-refractivity contribution is 6.30. The van der Waals surface area contributed by atoms with E-state index in [1.165, 1.54) is 0 Å². The van der Waals surface area contributed by atoms with Gasteiger partial charge in [-0.2, -0.15) is 0 Å². The van der Waals surface area contributed by atoms with E-state index in [-0.39, 0.29) is 12.3 Å². The van der Waals surface area contributed by atoms with Gasteiger partial charge >= 0.3 is 5.97 Å². The Morgan fingerprint density at radius 3 is 2.62 bits per heavy atom. The molecule has 2 rings (SSSR count). The molecule has 4 nitrogen and oxygen atoms in total. The first-order valence-electron chi connectivity index (χ1n) is 7.20. The molecule has 1 saturated carbocycles. The normalized spacial score (nSPS) is 25.3. The third-order valence-corrected chi connectivity index (χ3v) is 4.32. The number of hydrogen-bond acceptors (Lipinski definition) is 2. The summed E-state index contributed by atoms with van der Waals surface area (Å²) in [5.74, 6) is -0.877. The predicted octanol–water partition coefficient (Wildman–Crippen LogP) is 3.03. The highest BCUT2D eigenvalue weighted by Crippen LogP contribution is 2.32. The fraction of sp³-hybridized carbons (Fsp3) is 0.500. The average molecular weight is 310 g/mol. The van der Waals surface area contributed by atoms with Crippen LogP contribution in [0.4, 0.5) is 0 Å². The van der Waals surface area contributed by atoms with Gasteiger partial charge in [0.15, 0.2) is 0 Å². The van der Waals surface area contributed by atoms with Crippen molar-refractivity contribution in [1.29, 1.82) is 0 Å². The van der Waals surface area contributed by atoms with Crippen LogP contribution in [-0.2, 0) is 16.0 Å². The van der Waals surface area contributed by atoms with Crippen molar-refractivity contribution in [2.45, 2.75) is 44.6 Å². The third-order valence-electron chi connectivity index (χ3n) is 4.06. The molecule has 0 radical (unpaired) electrons. The predicted molar refractivity (Wildman–Crippen MR) is 81.3 cm³/mol. The van der Waals surface area contributed by atoms with Gasteiger partial charge in [-0.05, 0) is 36.5 Å². The average Bonchev–Trinajstić information content (AvgIpc) is 2.41. The van der Waals surface area contributed by atoms with Gasteiger partial charge in [0.2, 0.25) is 5.91 Å². The van der Waals surface area contributed by atoms with Crippen LogP contribution in [0.2, 0.25) is 5.02 Å². The molecule has 1 aromatic rings. The van der Waals surface area contributed by atoms with Crippen molar-refractivity contribution in [1.82, 2.24) is 5.32 Å². The summed E-state index contributed by atoms with van der Waals surface area (Å²) in [7, 11) is 0. The molecule has 5 heteroatoms. The number of carbonyl (C=O) groups excluding carboxylic acids is 1. The van der Waals surface area contributed by atoms with Gasteiger partial charge in [0, 0.05) is 5.02 Å². The summed E-state index contributed by atoms with van der Waals surface area (Å²) < 4.78 is 0. The van der Waals surface area contributed by atoms with Crippen LogP contribution in [0, 0.1) is 5.92 Å². The number of amides is 1. The lowest BCUT2D eigenvalue weighted by molar-refractivity contribution is -0.150. The van der Waals surface area contributed by atoms with Crippen molar-refractivity contribution >= 4 is 23.5 Å². The zero-order valence-electron chi connectivity index (χ0n) is 12.1. The third kappa shape index (κ3) is 3.97. The van der Waals surface area contributed by atoms with Crippen LogP contribution in [0.3, 0.4) is 0 Å². The molecule has 0 bridgehead atoms. The Labute approximate surface area is 129 Å². The van der Waals surface area contributed by atoms with Crippen LogP contribution < -0.4 is 5.32 Å². The van der Waals surface area contributed by atoms with Crippen molar-refractivity contribution in [2.24, 2.45) is 5.92 Å². The smallest absolute Gasteiger partial charge is 0.329 e. The van der Waals surface area contributed by atoms with Gasteiger partial charge in [0.05, 0.1) is 6.42 Å². The van der Waals surface area contributed by atoms with Gasteiger partial charge in [-0.25, -0.2) is 4.79 Å². The molecule has 0 aromatic heterocycles. The van der Waals surface area contributed by atoms with Crippen LogP contribution in [0.25, 0.3) is 0 Å². The topological polar surface area (TPSA) is 66.4 Å². The number of rotatable bonds is 4. The summed E-state index contributed by atoms with van der Waals surface area (Å²) in [4.78, 5) is 23.8. The van der Waals surface area contributed by atoms with E-state index in [0.29, 0.717) is 23.8 Å². The molecule has 1 amide bonds. The molecule has 1 aromatic carbocycles. The lowest BCUT2D eigenvalue weighted by atomic mass is 9.76. The van der Waals surface area contributed by atoms with Crippen molar-refractivity contribution in [3.63, 3.8) is 0 Å². The van der Waals surface area contributed by atoms with Crippen molar-refractivity contribution in [3.8, 4) is 0 Å². The van der Waals surface area contributed by atoms with Crippen LogP contribution >= 0.6 is 11.6 Å². The highest BCUT2D eigenvalue weighted by atomic mass is 35.5. The van der Waals surface area contributed by atoms with Crippen molar-refractivity contribution in [2.75, 3.05) is 0 Å². The molecule has 2 atom stereocenters. The second-order valence-electron chi connectivity index (χ2n) is 5.94. The van der Waals surface area contributed by atoms with E-state index in [4.69, 9.17) is 11.6 Å². The summed E-state index contributed by atoms with van der Waals surface area (Å²) in [6.45, 7) is 2.03. The highest BCUT2D eigenvalue weighted by Gasteiger charge is 2.42. The Morgan fingerprint density at radius 1 is 1.38 bits per heavy atom. The number of nitrogens with one attached hydrogen (secondary N) is 1. The maximum absolute atomic E-state index is 12.2. The molecule has 114 valence electrons. The molecule has 1 aliphatic rings. The molecule has 21 heavy (non-hydrogen) atoms. The van der Waals surface area contributed by atoms with E-state index < -0.39 is 11.5 Å². The van der Waals surface area contributed by atoms with E-state index in [2.05, 4.69) is 5.32 Å². The molecule has 0 spiro atoms. The van der Waals surface area contributed by atoms with E-state index in [1.807, 2.05) is 6.92 Å². The minimum Gasteiger partial charge on any atom is -0.480 e.